The first-order valence-corrected chi connectivity index (χ1v) is 5.04. The summed E-state index contributed by atoms with van der Waals surface area (Å²) in [4.78, 5) is 8.03. The molecule has 0 bridgehead atoms. The first-order chi connectivity index (χ1) is 7.29. The molecule has 1 aliphatic rings. The van der Waals surface area contributed by atoms with Crippen molar-refractivity contribution in [2.75, 3.05) is 5.32 Å². The van der Waals surface area contributed by atoms with Gasteiger partial charge in [0, 0.05) is 12.1 Å². The lowest BCUT2D eigenvalue weighted by Gasteiger charge is -2.17. The van der Waals surface area contributed by atoms with E-state index < -0.39 is 0 Å². The van der Waals surface area contributed by atoms with E-state index in [1.807, 2.05) is 6.07 Å². The summed E-state index contributed by atoms with van der Waals surface area (Å²) < 4.78 is 0. The first kappa shape index (κ1) is 9.87. The predicted molar refractivity (Wildman–Crippen MR) is 56.0 cm³/mol. The highest BCUT2D eigenvalue weighted by Gasteiger charge is 2.23. The second-order valence-electron chi connectivity index (χ2n) is 3.74. The quantitative estimate of drug-likeness (QED) is 0.736. The Kier molecular flexibility index (Phi) is 2.79. The zero-order valence-corrected chi connectivity index (χ0v) is 8.35. The van der Waals surface area contributed by atoms with Crippen LogP contribution in [0.25, 0.3) is 0 Å². The maximum atomic E-state index is 8.56. The van der Waals surface area contributed by atoms with E-state index in [1.54, 1.807) is 6.20 Å². The van der Waals surface area contributed by atoms with Gasteiger partial charge in [-0.3, -0.25) is 0 Å². The fraction of sp³-hybridized carbons (Fsp3) is 0.500. The van der Waals surface area contributed by atoms with Crippen LogP contribution < -0.4 is 11.1 Å². The molecule has 5 nitrogen and oxygen atoms in total. The number of nitrogens with zero attached hydrogens (tertiary/aromatic N) is 3. The second-order valence-corrected chi connectivity index (χ2v) is 3.74. The van der Waals surface area contributed by atoms with Crippen LogP contribution >= 0.6 is 0 Å². The van der Waals surface area contributed by atoms with Gasteiger partial charge in [-0.2, -0.15) is 5.26 Å². The van der Waals surface area contributed by atoms with Gasteiger partial charge in [-0.15, -0.1) is 0 Å². The van der Waals surface area contributed by atoms with Crippen molar-refractivity contribution in [2.24, 2.45) is 5.73 Å². The smallest absolute Gasteiger partial charge is 0.158 e. The molecule has 78 valence electrons. The number of nitrogens with one attached hydrogen (secondary N) is 1. The van der Waals surface area contributed by atoms with E-state index in [1.165, 1.54) is 6.20 Å². The highest BCUT2D eigenvalue weighted by molar-refractivity contribution is 5.35. The molecule has 1 aliphatic carbocycles. The molecular formula is C10H13N5. The highest BCUT2D eigenvalue weighted by atomic mass is 15.1. The van der Waals surface area contributed by atoms with Gasteiger partial charge < -0.3 is 11.1 Å². The maximum Gasteiger partial charge on any atom is 0.158 e. The first-order valence-electron chi connectivity index (χ1n) is 5.04. The molecule has 0 radical (unpaired) electrons. The van der Waals surface area contributed by atoms with Gasteiger partial charge in [0.05, 0.1) is 12.4 Å². The molecule has 2 rings (SSSR count). The number of aromatic nitrogens is 2. The standard InChI is InChI=1S/C10H13N5/c11-4-7-5-14-10(6-13-7)15-9-3-1-2-8(9)12/h5-6,8-9H,1-3,12H2,(H,14,15). The molecule has 1 aromatic heterocycles. The zero-order chi connectivity index (χ0) is 10.7. The fourth-order valence-corrected chi connectivity index (χ4v) is 1.82. The normalized spacial score (nSPS) is 24.8. The van der Waals surface area contributed by atoms with Crippen LogP contribution in [0.4, 0.5) is 5.82 Å². The number of hydrogen-bond acceptors (Lipinski definition) is 5. The van der Waals surface area contributed by atoms with Gasteiger partial charge in [0.1, 0.15) is 11.9 Å². The van der Waals surface area contributed by atoms with Gasteiger partial charge in [-0.25, -0.2) is 9.97 Å². The number of rotatable bonds is 2. The largest absolute Gasteiger partial charge is 0.365 e. The molecule has 3 N–H and O–H groups in total. The Morgan fingerprint density at radius 3 is 2.80 bits per heavy atom. The molecule has 0 aromatic carbocycles. The van der Waals surface area contributed by atoms with Crippen LogP contribution in [0.5, 0.6) is 0 Å². The molecular weight excluding hydrogens is 190 g/mol. The molecule has 2 atom stereocenters. The minimum atomic E-state index is 0.197. The van der Waals surface area contributed by atoms with Gasteiger partial charge >= 0.3 is 0 Å². The SMILES string of the molecule is N#Cc1cnc(NC2CCCC2N)cn1. The molecule has 5 heteroatoms. The predicted octanol–water partition coefficient (Wildman–Crippen LogP) is 0.640. The van der Waals surface area contributed by atoms with Gasteiger partial charge in [0.25, 0.3) is 0 Å². The summed E-state index contributed by atoms with van der Waals surface area (Å²) >= 11 is 0. The van der Waals surface area contributed by atoms with Crippen molar-refractivity contribution in [1.29, 1.82) is 5.26 Å². The maximum absolute atomic E-state index is 8.56. The molecule has 15 heavy (non-hydrogen) atoms. The number of anilines is 1. The fourth-order valence-electron chi connectivity index (χ4n) is 1.82. The minimum absolute atomic E-state index is 0.197. The highest BCUT2D eigenvalue weighted by Crippen LogP contribution is 2.20. The summed E-state index contributed by atoms with van der Waals surface area (Å²) in [5, 5.41) is 11.8. The lowest BCUT2D eigenvalue weighted by atomic mass is 10.2. The van der Waals surface area contributed by atoms with Gasteiger partial charge in [-0.1, -0.05) is 0 Å². The van der Waals surface area contributed by atoms with E-state index in [0.29, 0.717) is 11.5 Å². The van der Waals surface area contributed by atoms with Crippen molar-refractivity contribution < 1.29 is 0 Å². The van der Waals surface area contributed by atoms with Crippen LogP contribution in [-0.2, 0) is 0 Å². The van der Waals surface area contributed by atoms with E-state index >= 15 is 0 Å². The summed E-state index contributed by atoms with van der Waals surface area (Å²) in [6, 6.07) is 2.41. The Morgan fingerprint density at radius 1 is 1.40 bits per heavy atom. The summed E-state index contributed by atoms with van der Waals surface area (Å²) in [6.45, 7) is 0. The minimum Gasteiger partial charge on any atom is -0.365 e. The van der Waals surface area contributed by atoms with Crippen LogP contribution in [0.1, 0.15) is 25.0 Å². The van der Waals surface area contributed by atoms with Crippen LogP contribution in [-0.4, -0.2) is 22.1 Å². The third kappa shape index (κ3) is 2.22. The van der Waals surface area contributed by atoms with Gasteiger partial charge in [-0.05, 0) is 19.3 Å². The van der Waals surface area contributed by atoms with Crippen LogP contribution in [0.2, 0.25) is 0 Å². The van der Waals surface area contributed by atoms with Crippen LogP contribution in [0.15, 0.2) is 12.4 Å². The molecule has 0 saturated heterocycles. The molecule has 2 unspecified atom stereocenters. The van der Waals surface area contributed by atoms with E-state index in [4.69, 9.17) is 11.0 Å². The van der Waals surface area contributed by atoms with Gasteiger partial charge in [0.15, 0.2) is 5.69 Å². The zero-order valence-electron chi connectivity index (χ0n) is 8.35. The Hall–Kier alpha value is -1.67. The Balaban J connectivity index is 2.02. The molecule has 1 heterocycles. The Morgan fingerprint density at radius 2 is 2.27 bits per heavy atom. The van der Waals surface area contributed by atoms with E-state index in [-0.39, 0.29) is 12.1 Å². The lowest BCUT2D eigenvalue weighted by molar-refractivity contribution is 0.635. The second kappa shape index (κ2) is 4.24. The van der Waals surface area contributed by atoms with Crippen molar-refractivity contribution in [3.8, 4) is 6.07 Å². The van der Waals surface area contributed by atoms with Crippen molar-refractivity contribution in [3.63, 3.8) is 0 Å². The van der Waals surface area contributed by atoms with Crippen molar-refractivity contribution in [3.05, 3.63) is 18.1 Å². The molecule has 1 fully saturated rings. The summed E-state index contributed by atoms with van der Waals surface area (Å²) in [5.41, 5.74) is 6.25. The Bertz CT molecular complexity index is 366. The van der Waals surface area contributed by atoms with Crippen LogP contribution in [0, 0.1) is 11.3 Å². The average Bonchev–Trinajstić information content (AvgIpc) is 2.66. The van der Waals surface area contributed by atoms with Crippen molar-refractivity contribution in [1.82, 2.24) is 9.97 Å². The van der Waals surface area contributed by atoms with E-state index in [0.717, 1.165) is 19.3 Å². The summed E-state index contributed by atoms with van der Waals surface area (Å²) in [7, 11) is 0. The van der Waals surface area contributed by atoms with Crippen LogP contribution in [0.3, 0.4) is 0 Å². The number of nitrogens with two attached hydrogens (primary N) is 1. The molecule has 0 amide bonds. The third-order valence-electron chi connectivity index (χ3n) is 2.67. The van der Waals surface area contributed by atoms with Crippen molar-refractivity contribution in [2.45, 2.75) is 31.3 Å². The van der Waals surface area contributed by atoms with E-state index in [2.05, 4.69) is 15.3 Å². The monoisotopic (exact) mass is 203 g/mol. The molecule has 1 saturated carbocycles. The molecule has 1 aromatic rings. The number of nitriles is 1. The van der Waals surface area contributed by atoms with Crippen molar-refractivity contribution >= 4 is 5.82 Å². The van der Waals surface area contributed by atoms with Gasteiger partial charge in [0.2, 0.25) is 0 Å². The lowest BCUT2D eigenvalue weighted by Crippen LogP contribution is -2.35. The average molecular weight is 203 g/mol. The molecule has 0 spiro atoms. The van der Waals surface area contributed by atoms with E-state index in [9.17, 15) is 0 Å². The third-order valence-corrected chi connectivity index (χ3v) is 2.67. The topological polar surface area (TPSA) is 87.6 Å². The Labute approximate surface area is 88.3 Å². The summed E-state index contributed by atoms with van der Waals surface area (Å²) in [6.07, 6.45) is 6.32. The number of hydrogen-bond donors (Lipinski definition) is 2. The summed E-state index contributed by atoms with van der Waals surface area (Å²) in [5.74, 6) is 0.691. The molecule has 0 aliphatic heterocycles.